The molecule has 7 heteroatoms. The van der Waals surface area contributed by atoms with E-state index in [0.29, 0.717) is 28.8 Å². The van der Waals surface area contributed by atoms with Gasteiger partial charge in [0.15, 0.2) is 5.82 Å². The highest BCUT2D eigenvalue weighted by Crippen LogP contribution is 2.31. The Kier molecular flexibility index (Phi) is 5.86. The van der Waals surface area contributed by atoms with Gasteiger partial charge in [0.05, 0.1) is 12.1 Å². The Labute approximate surface area is 179 Å². The SMILES string of the molecule is O=C(CN1C(=O)CC(c2cccc(Cl)c2)=Nc2cccnc21)NCc1ccccc1. The number of benzene rings is 2. The fourth-order valence-corrected chi connectivity index (χ4v) is 3.41. The van der Waals surface area contributed by atoms with Gasteiger partial charge in [0, 0.05) is 17.8 Å². The molecule has 1 aliphatic rings. The van der Waals surface area contributed by atoms with Gasteiger partial charge < -0.3 is 5.32 Å². The number of rotatable bonds is 5. The lowest BCUT2D eigenvalue weighted by Crippen LogP contribution is -2.41. The second-order valence-electron chi connectivity index (χ2n) is 6.83. The molecule has 0 spiro atoms. The molecule has 2 amide bonds. The predicted octanol–water partition coefficient (Wildman–Crippen LogP) is 3.91. The average Bonchev–Trinajstić information content (AvgIpc) is 2.90. The van der Waals surface area contributed by atoms with Gasteiger partial charge in [0.2, 0.25) is 11.8 Å². The largest absolute Gasteiger partial charge is 0.350 e. The van der Waals surface area contributed by atoms with Crippen molar-refractivity contribution in [2.75, 3.05) is 11.4 Å². The van der Waals surface area contributed by atoms with Crippen molar-refractivity contribution < 1.29 is 9.59 Å². The van der Waals surface area contributed by atoms with Crippen molar-refractivity contribution in [3.8, 4) is 0 Å². The first-order valence-electron chi connectivity index (χ1n) is 9.49. The summed E-state index contributed by atoms with van der Waals surface area (Å²) in [6.07, 6.45) is 1.63. The Balaban J connectivity index is 1.56. The van der Waals surface area contributed by atoms with E-state index >= 15 is 0 Å². The Morgan fingerprint density at radius 3 is 2.70 bits per heavy atom. The first kappa shape index (κ1) is 19.8. The number of carbonyl (C=O) groups is 2. The summed E-state index contributed by atoms with van der Waals surface area (Å²) in [5.74, 6) is -0.148. The summed E-state index contributed by atoms with van der Waals surface area (Å²) in [6, 6.07) is 20.3. The molecule has 0 atom stereocenters. The number of aromatic nitrogens is 1. The van der Waals surface area contributed by atoms with Crippen LogP contribution in [0.2, 0.25) is 5.02 Å². The van der Waals surface area contributed by atoms with Gasteiger partial charge in [-0.15, -0.1) is 0 Å². The van der Waals surface area contributed by atoms with Gasteiger partial charge in [-0.1, -0.05) is 54.1 Å². The zero-order valence-electron chi connectivity index (χ0n) is 16.1. The van der Waals surface area contributed by atoms with Crippen molar-refractivity contribution in [2.24, 2.45) is 4.99 Å². The van der Waals surface area contributed by atoms with Gasteiger partial charge in [-0.05, 0) is 35.4 Å². The minimum absolute atomic E-state index is 0.0443. The third kappa shape index (κ3) is 4.55. The van der Waals surface area contributed by atoms with E-state index in [4.69, 9.17) is 11.6 Å². The fraction of sp³-hybridized carbons (Fsp3) is 0.130. The van der Waals surface area contributed by atoms with Crippen LogP contribution in [0.1, 0.15) is 17.5 Å². The number of nitrogens with one attached hydrogen (secondary N) is 1. The first-order chi connectivity index (χ1) is 14.6. The van der Waals surface area contributed by atoms with E-state index in [0.717, 1.165) is 11.1 Å². The molecular weight excluding hydrogens is 400 g/mol. The Morgan fingerprint density at radius 2 is 1.90 bits per heavy atom. The maximum absolute atomic E-state index is 13.0. The lowest BCUT2D eigenvalue weighted by Gasteiger charge is -2.20. The summed E-state index contributed by atoms with van der Waals surface area (Å²) in [7, 11) is 0. The summed E-state index contributed by atoms with van der Waals surface area (Å²) in [4.78, 5) is 36.0. The normalized spacial score (nSPS) is 13.3. The van der Waals surface area contributed by atoms with E-state index in [1.807, 2.05) is 42.5 Å². The van der Waals surface area contributed by atoms with Crippen LogP contribution in [0, 0.1) is 0 Å². The molecule has 150 valence electrons. The van der Waals surface area contributed by atoms with E-state index in [9.17, 15) is 9.59 Å². The van der Waals surface area contributed by atoms with Crippen LogP contribution in [0.3, 0.4) is 0 Å². The molecule has 0 saturated carbocycles. The molecule has 4 rings (SSSR count). The Bertz CT molecular complexity index is 1110. The minimum Gasteiger partial charge on any atom is -0.350 e. The highest BCUT2D eigenvalue weighted by Gasteiger charge is 2.27. The van der Waals surface area contributed by atoms with E-state index < -0.39 is 0 Å². The Morgan fingerprint density at radius 1 is 1.07 bits per heavy atom. The third-order valence-electron chi connectivity index (χ3n) is 4.69. The molecule has 0 fully saturated rings. The van der Waals surface area contributed by atoms with E-state index in [1.54, 1.807) is 30.5 Å². The van der Waals surface area contributed by atoms with Gasteiger partial charge >= 0.3 is 0 Å². The fourth-order valence-electron chi connectivity index (χ4n) is 3.22. The molecule has 0 bridgehead atoms. The zero-order valence-corrected chi connectivity index (χ0v) is 16.8. The van der Waals surface area contributed by atoms with Crippen LogP contribution in [-0.2, 0) is 16.1 Å². The maximum atomic E-state index is 13.0. The smallest absolute Gasteiger partial charge is 0.240 e. The molecule has 0 radical (unpaired) electrons. The second kappa shape index (κ2) is 8.88. The zero-order chi connectivity index (χ0) is 20.9. The lowest BCUT2D eigenvalue weighted by molar-refractivity contribution is -0.123. The van der Waals surface area contributed by atoms with Crippen LogP contribution in [0.15, 0.2) is 77.9 Å². The van der Waals surface area contributed by atoms with E-state index in [2.05, 4.69) is 15.3 Å². The number of hydrogen-bond acceptors (Lipinski definition) is 4. The molecule has 2 heterocycles. The topological polar surface area (TPSA) is 74.7 Å². The van der Waals surface area contributed by atoms with Crippen molar-refractivity contribution >= 4 is 40.6 Å². The van der Waals surface area contributed by atoms with Crippen LogP contribution in [-0.4, -0.2) is 29.1 Å². The van der Waals surface area contributed by atoms with Gasteiger partial charge in [-0.2, -0.15) is 0 Å². The summed E-state index contributed by atoms with van der Waals surface area (Å²) in [6.45, 7) is 0.259. The molecule has 1 aliphatic heterocycles. The van der Waals surface area contributed by atoms with Crippen molar-refractivity contribution in [2.45, 2.75) is 13.0 Å². The van der Waals surface area contributed by atoms with Crippen LogP contribution in [0.25, 0.3) is 0 Å². The standard InChI is InChI=1S/C23H19ClN4O2/c24-18-9-4-8-17(12-18)20-13-22(30)28(23-19(27-20)10-5-11-25-23)15-21(29)26-14-16-6-2-1-3-7-16/h1-12H,13-15H2,(H,26,29). The number of nitrogens with zero attached hydrogens (tertiary/aromatic N) is 3. The second-order valence-corrected chi connectivity index (χ2v) is 7.27. The third-order valence-corrected chi connectivity index (χ3v) is 4.92. The summed E-state index contributed by atoms with van der Waals surface area (Å²) >= 11 is 6.11. The van der Waals surface area contributed by atoms with Crippen LogP contribution in [0.4, 0.5) is 11.5 Å². The summed E-state index contributed by atoms with van der Waals surface area (Å²) in [5.41, 5.74) is 2.87. The molecule has 0 saturated heterocycles. The quantitative estimate of drug-likeness (QED) is 0.682. The van der Waals surface area contributed by atoms with E-state index in [-0.39, 0.29) is 24.8 Å². The van der Waals surface area contributed by atoms with Crippen LogP contribution >= 0.6 is 11.6 Å². The maximum Gasteiger partial charge on any atom is 0.240 e. The van der Waals surface area contributed by atoms with E-state index in [1.165, 1.54) is 4.90 Å². The van der Waals surface area contributed by atoms with Gasteiger partial charge in [0.1, 0.15) is 12.2 Å². The predicted molar refractivity (Wildman–Crippen MR) is 117 cm³/mol. The molecule has 30 heavy (non-hydrogen) atoms. The number of aliphatic imine (C=N–C) groups is 1. The summed E-state index contributed by atoms with van der Waals surface area (Å²) < 4.78 is 0. The van der Waals surface area contributed by atoms with Crippen LogP contribution in [0.5, 0.6) is 0 Å². The van der Waals surface area contributed by atoms with Crippen molar-refractivity contribution in [1.82, 2.24) is 10.3 Å². The lowest BCUT2D eigenvalue weighted by atomic mass is 10.1. The molecule has 6 nitrogen and oxygen atoms in total. The van der Waals surface area contributed by atoms with Crippen LogP contribution < -0.4 is 10.2 Å². The molecule has 1 aromatic heterocycles. The van der Waals surface area contributed by atoms with Gasteiger partial charge in [0.25, 0.3) is 0 Å². The number of amides is 2. The van der Waals surface area contributed by atoms with Crippen molar-refractivity contribution in [1.29, 1.82) is 0 Å². The first-order valence-corrected chi connectivity index (χ1v) is 9.87. The number of halogens is 1. The average molecular weight is 419 g/mol. The minimum atomic E-state index is -0.269. The monoisotopic (exact) mass is 418 g/mol. The number of fused-ring (bicyclic) bond motifs is 1. The molecular formula is C23H19ClN4O2. The summed E-state index contributed by atoms with van der Waals surface area (Å²) in [5, 5.41) is 3.42. The highest BCUT2D eigenvalue weighted by molar-refractivity contribution is 6.31. The molecule has 0 aliphatic carbocycles. The molecule has 3 aromatic rings. The number of anilines is 1. The number of carbonyl (C=O) groups excluding carboxylic acids is 2. The van der Waals surface area contributed by atoms with Gasteiger partial charge in [-0.25, -0.2) is 9.98 Å². The van der Waals surface area contributed by atoms with Crippen molar-refractivity contribution in [3.63, 3.8) is 0 Å². The molecule has 0 unspecified atom stereocenters. The number of hydrogen-bond donors (Lipinski definition) is 1. The number of pyridine rings is 1. The molecule has 1 N–H and O–H groups in total. The Hall–Kier alpha value is -3.51. The van der Waals surface area contributed by atoms with Gasteiger partial charge in [-0.3, -0.25) is 14.5 Å². The van der Waals surface area contributed by atoms with Crippen molar-refractivity contribution in [3.05, 3.63) is 89.1 Å². The highest BCUT2D eigenvalue weighted by atomic mass is 35.5. The molecule has 2 aromatic carbocycles.